The molecule has 0 aromatic rings. The monoisotopic (exact) mass is 213 g/mol. The van der Waals surface area contributed by atoms with Gasteiger partial charge in [-0.15, -0.1) is 0 Å². The third-order valence-corrected chi connectivity index (χ3v) is 3.69. The summed E-state index contributed by atoms with van der Waals surface area (Å²) in [5, 5.41) is 0. The summed E-state index contributed by atoms with van der Waals surface area (Å²) in [6, 6.07) is 1.18. The van der Waals surface area contributed by atoms with Crippen molar-refractivity contribution >= 4 is 0 Å². The molecule has 0 bridgehead atoms. The highest BCUT2D eigenvalue weighted by atomic mass is 16.5. The van der Waals surface area contributed by atoms with Crippen molar-refractivity contribution in [3.63, 3.8) is 0 Å². The van der Waals surface area contributed by atoms with E-state index in [9.17, 15) is 0 Å². The standard InChI is InChI=1S/C11H23N3O/c1-12(2)10-8-15-9-11(10)14-6-4-13(3)5-7-14/h10-11H,4-9H2,1-3H3. The minimum Gasteiger partial charge on any atom is -0.378 e. The molecule has 2 unspecified atom stereocenters. The molecule has 2 heterocycles. The van der Waals surface area contributed by atoms with Gasteiger partial charge in [0.1, 0.15) is 0 Å². The molecule has 2 saturated heterocycles. The molecule has 0 radical (unpaired) electrons. The first kappa shape index (κ1) is 11.3. The second-order valence-electron chi connectivity index (χ2n) is 4.98. The van der Waals surface area contributed by atoms with E-state index in [1.807, 2.05) is 0 Å². The summed E-state index contributed by atoms with van der Waals surface area (Å²) < 4.78 is 5.61. The van der Waals surface area contributed by atoms with Crippen LogP contribution in [0.5, 0.6) is 0 Å². The average Bonchev–Trinajstić information content (AvgIpc) is 2.67. The first-order valence-electron chi connectivity index (χ1n) is 5.85. The Hall–Kier alpha value is -0.160. The Balaban J connectivity index is 1.92. The van der Waals surface area contributed by atoms with Crippen LogP contribution in [0.1, 0.15) is 0 Å². The maximum atomic E-state index is 5.61. The fourth-order valence-electron chi connectivity index (χ4n) is 2.53. The zero-order chi connectivity index (χ0) is 10.8. The summed E-state index contributed by atoms with van der Waals surface area (Å²) in [5.41, 5.74) is 0. The van der Waals surface area contributed by atoms with Gasteiger partial charge in [-0.2, -0.15) is 0 Å². The largest absolute Gasteiger partial charge is 0.378 e. The summed E-state index contributed by atoms with van der Waals surface area (Å²) >= 11 is 0. The van der Waals surface area contributed by atoms with Gasteiger partial charge in [0.2, 0.25) is 0 Å². The second kappa shape index (κ2) is 4.78. The van der Waals surface area contributed by atoms with E-state index < -0.39 is 0 Å². The number of hydrogen-bond acceptors (Lipinski definition) is 4. The van der Waals surface area contributed by atoms with E-state index in [4.69, 9.17) is 4.74 Å². The molecule has 2 aliphatic heterocycles. The van der Waals surface area contributed by atoms with Crippen LogP contribution in [0.15, 0.2) is 0 Å². The van der Waals surface area contributed by atoms with E-state index in [1.165, 1.54) is 26.2 Å². The van der Waals surface area contributed by atoms with Crippen molar-refractivity contribution in [2.45, 2.75) is 12.1 Å². The molecule has 0 aliphatic carbocycles. The number of ether oxygens (including phenoxy) is 1. The van der Waals surface area contributed by atoms with Crippen molar-refractivity contribution in [3.05, 3.63) is 0 Å². The van der Waals surface area contributed by atoms with E-state index in [0.717, 1.165) is 13.2 Å². The molecule has 0 aromatic heterocycles. The van der Waals surface area contributed by atoms with Gasteiger partial charge < -0.3 is 14.5 Å². The van der Waals surface area contributed by atoms with Gasteiger partial charge in [-0.3, -0.25) is 4.90 Å². The van der Waals surface area contributed by atoms with Crippen molar-refractivity contribution in [2.75, 3.05) is 60.5 Å². The van der Waals surface area contributed by atoms with E-state index in [2.05, 4.69) is 35.8 Å². The van der Waals surface area contributed by atoms with Gasteiger partial charge in [0.15, 0.2) is 0 Å². The van der Waals surface area contributed by atoms with Gasteiger partial charge in [0, 0.05) is 26.2 Å². The van der Waals surface area contributed by atoms with Gasteiger partial charge in [-0.05, 0) is 21.1 Å². The molecule has 88 valence electrons. The summed E-state index contributed by atoms with van der Waals surface area (Å²) in [5.74, 6) is 0. The first-order valence-corrected chi connectivity index (χ1v) is 5.85. The van der Waals surface area contributed by atoms with Crippen LogP contribution in [0, 0.1) is 0 Å². The molecule has 2 rings (SSSR count). The van der Waals surface area contributed by atoms with E-state index in [-0.39, 0.29) is 0 Å². The Morgan fingerprint density at radius 2 is 1.73 bits per heavy atom. The van der Waals surface area contributed by atoms with Crippen LogP contribution >= 0.6 is 0 Å². The van der Waals surface area contributed by atoms with Gasteiger partial charge in [-0.25, -0.2) is 0 Å². The molecule has 2 atom stereocenters. The van der Waals surface area contributed by atoms with E-state index in [0.29, 0.717) is 12.1 Å². The fourth-order valence-corrected chi connectivity index (χ4v) is 2.53. The van der Waals surface area contributed by atoms with Crippen molar-refractivity contribution in [1.82, 2.24) is 14.7 Å². The highest BCUT2D eigenvalue weighted by Gasteiger charge is 2.35. The van der Waals surface area contributed by atoms with Crippen molar-refractivity contribution in [2.24, 2.45) is 0 Å². The van der Waals surface area contributed by atoms with Gasteiger partial charge in [-0.1, -0.05) is 0 Å². The van der Waals surface area contributed by atoms with Crippen molar-refractivity contribution < 1.29 is 4.74 Å². The zero-order valence-corrected chi connectivity index (χ0v) is 10.1. The number of hydrogen-bond donors (Lipinski definition) is 0. The van der Waals surface area contributed by atoms with Crippen LogP contribution in [0.3, 0.4) is 0 Å². The number of likely N-dealkylation sites (N-methyl/N-ethyl adjacent to an activating group) is 2. The number of nitrogens with zero attached hydrogens (tertiary/aromatic N) is 3. The minimum absolute atomic E-state index is 0.577. The summed E-state index contributed by atoms with van der Waals surface area (Å²) in [7, 11) is 6.51. The average molecular weight is 213 g/mol. The highest BCUT2D eigenvalue weighted by Crippen LogP contribution is 2.18. The Morgan fingerprint density at radius 1 is 1.07 bits per heavy atom. The van der Waals surface area contributed by atoms with Gasteiger partial charge in [0.25, 0.3) is 0 Å². The lowest BCUT2D eigenvalue weighted by atomic mass is 10.1. The predicted molar refractivity (Wildman–Crippen MR) is 61.2 cm³/mol. The van der Waals surface area contributed by atoms with Crippen LogP contribution in [0.2, 0.25) is 0 Å². The number of rotatable bonds is 2. The minimum atomic E-state index is 0.577. The summed E-state index contributed by atoms with van der Waals surface area (Å²) in [6.07, 6.45) is 0. The number of piperazine rings is 1. The lowest BCUT2D eigenvalue weighted by molar-refractivity contribution is 0.0798. The fraction of sp³-hybridized carbons (Fsp3) is 1.00. The van der Waals surface area contributed by atoms with Crippen LogP contribution in [-0.2, 0) is 4.74 Å². The Bertz CT molecular complexity index is 202. The molecular formula is C11H23N3O. The molecule has 0 amide bonds. The zero-order valence-electron chi connectivity index (χ0n) is 10.1. The van der Waals surface area contributed by atoms with E-state index in [1.54, 1.807) is 0 Å². The summed E-state index contributed by atoms with van der Waals surface area (Å²) in [4.78, 5) is 7.30. The second-order valence-corrected chi connectivity index (χ2v) is 4.98. The Labute approximate surface area is 92.8 Å². The van der Waals surface area contributed by atoms with Gasteiger partial charge in [0.05, 0.1) is 25.3 Å². The molecule has 2 fully saturated rings. The van der Waals surface area contributed by atoms with Crippen LogP contribution in [0.25, 0.3) is 0 Å². The molecule has 2 aliphatic rings. The Kier molecular flexibility index (Phi) is 3.61. The lowest BCUT2D eigenvalue weighted by Crippen LogP contribution is -2.55. The molecule has 15 heavy (non-hydrogen) atoms. The van der Waals surface area contributed by atoms with E-state index >= 15 is 0 Å². The third kappa shape index (κ3) is 2.50. The van der Waals surface area contributed by atoms with Crippen LogP contribution < -0.4 is 0 Å². The Morgan fingerprint density at radius 3 is 2.33 bits per heavy atom. The molecule has 4 nitrogen and oxygen atoms in total. The molecule has 0 aromatic carbocycles. The predicted octanol–water partition coefficient (Wildman–Crippen LogP) is -0.437. The van der Waals surface area contributed by atoms with Crippen LogP contribution in [0.4, 0.5) is 0 Å². The third-order valence-electron chi connectivity index (χ3n) is 3.69. The maximum Gasteiger partial charge on any atom is 0.0638 e. The molecule has 0 saturated carbocycles. The first-order chi connectivity index (χ1) is 7.18. The highest BCUT2D eigenvalue weighted by molar-refractivity contribution is 4.90. The van der Waals surface area contributed by atoms with Crippen molar-refractivity contribution in [1.29, 1.82) is 0 Å². The summed E-state index contributed by atoms with van der Waals surface area (Å²) in [6.45, 7) is 6.56. The lowest BCUT2D eigenvalue weighted by Gasteiger charge is -2.39. The smallest absolute Gasteiger partial charge is 0.0638 e. The molecule has 0 spiro atoms. The van der Waals surface area contributed by atoms with Gasteiger partial charge >= 0.3 is 0 Å². The molecular weight excluding hydrogens is 190 g/mol. The SMILES string of the molecule is CN1CCN(C2COCC2N(C)C)CC1. The molecule has 4 heteroatoms. The quantitative estimate of drug-likeness (QED) is 0.619. The topological polar surface area (TPSA) is 19.0 Å². The van der Waals surface area contributed by atoms with Crippen molar-refractivity contribution in [3.8, 4) is 0 Å². The normalized spacial score (nSPS) is 35.2. The maximum absolute atomic E-state index is 5.61. The molecule has 0 N–H and O–H groups in total. The van der Waals surface area contributed by atoms with Crippen LogP contribution in [-0.4, -0.2) is 87.3 Å².